The summed E-state index contributed by atoms with van der Waals surface area (Å²) < 4.78 is 2.14. The molecule has 2 N–H and O–H groups in total. The second-order valence-electron chi connectivity index (χ2n) is 3.98. The number of rotatable bonds is 0. The maximum absolute atomic E-state index is 5.77. The Morgan fingerprint density at radius 3 is 3.14 bits per heavy atom. The van der Waals surface area contributed by atoms with Crippen molar-refractivity contribution in [1.82, 2.24) is 9.38 Å². The second-order valence-corrected chi connectivity index (χ2v) is 3.98. The van der Waals surface area contributed by atoms with E-state index in [9.17, 15) is 0 Å². The summed E-state index contributed by atoms with van der Waals surface area (Å²) in [5, 5.41) is 0. The average molecular weight is 187 g/mol. The highest BCUT2D eigenvalue weighted by molar-refractivity contribution is 5.56. The highest BCUT2D eigenvalue weighted by Crippen LogP contribution is 2.26. The van der Waals surface area contributed by atoms with Crippen LogP contribution in [0.5, 0.6) is 0 Å². The molecule has 72 valence electrons. The Hall–Kier alpha value is -1.51. The molecule has 0 bridgehead atoms. The normalized spacial score (nSPS) is 14.9. The van der Waals surface area contributed by atoms with E-state index in [1.165, 1.54) is 29.8 Å². The zero-order valence-corrected chi connectivity index (χ0v) is 8.25. The van der Waals surface area contributed by atoms with Crippen molar-refractivity contribution in [2.75, 3.05) is 5.73 Å². The number of nitrogens with zero attached hydrogens (tertiary/aromatic N) is 2. The van der Waals surface area contributed by atoms with Crippen molar-refractivity contribution >= 4 is 11.3 Å². The Bertz CT molecular complexity index is 511. The smallest absolute Gasteiger partial charge is 0.139 e. The molecule has 3 nitrogen and oxygen atoms in total. The van der Waals surface area contributed by atoms with Crippen LogP contribution in [-0.4, -0.2) is 9.38 Å². The first-order valence-corrected chi connectivity index (χ1v) is 5.01. The van der Waals surface area contributed by atoms with Gasteiger partial charge in [-0.05, 0) is 31.7 Å². The number of hydrogen-bond acceptors (Lipinski definition) is 2. The highest BCUT2D eigenvalue weighted by Gasteiger charge is 2.17. The van der Waals surface area contributed by atoms with Gasteiger partial charge >= 0.3 is 0 Å². The van der Waals surface area contributed by atoms with Crippen molar-refractivity contribution in [2.45, 2.75) is 26.2 Å². The van der Waals surface area contributed by atoms with Gasteiger partial charge in [0.2, 0.25) is 0 Å². The van der Waals surface area contributed by atoms with E-state index in [4.69, 9.17) is 5.73 Å². The molecule has 0 saturated carbocycles. The predicted octanol–water partition coefficient (Wildman–Crippen LogP) is 1.71. The van der Waals surface area contributed by atoms with Crippen LogP contribution in [0.4, 0.5) is 5.69 Å². The lowest BCUT2D eigenvalue weighted by Crippen LogP contribution is -2.00. The molecule has 2 aromatic rings. The van der Waals surface area contributed by atoms with Crippen LogP contribution in [0.2, 0.25) is 0 Å². The molecule has 0 amide bonds. The number of anilines is 1. The van der Waals surface area contributed by atoms with E-state index in [1.54, 1.807) is 0 Å². The van der Waals surface area contributed by atoms with E-state index < -0.39 is 0 Å². The molecule has 2 aromatic heterocycles. The Morgan fingerprint density at radius 1 is 1.43 bits per heavy atom. The van der Waals surface area contributed by atoms with E-state index in [0.29, 0.717) is 0 Å². The minimum Gasteiger partial charge on any atom is -0.397 e. The first-order chi connectivity index (χ1) is 6.75. The summed E-state index contributed by atoms with van der Waals surface area (Å²) in [6.45, 7) is 2.09. The predicted molar refractivity (Wildman–Crippen MR) is 56.4 cm³/mol. The molecule has 1 aliphatic carbocycles. The van der Waals surface area contributed by atoms with Crippen LogP contribution in [0.1, 0.15) is 23.4 Å². The van der Waals surface area contributed by atoms with Crippen molar-refractivity contribution in [3.8, 4) is 0 Å². The van der Waals surface area contributed by atoms with Crippen LogP contribution >= 0.6 is 0 Å². The quantitative estimate of drug-likeness (QED) is 0.682. The minimum absolute atomic E-state index is 0.803. The van der Waals surface area contributed by atoms with Crippen LogP contribution in [-0.2, 0) is 12.8 Å². The third-order valence-corrected chi connectivity index (χ3v) is 3.02. The van der Waals surface area contributed by atoms with E-state index in [0.717, 1.165) is 17.8 Å². The summed E-state index contributed by atoms with van der Waals surface area (Å²) in [5.41, 5.74) is 11.6. The van der Waals surface area contributed by atoms with Gasteiger partial charge in [0.05, 0.1) is 5.69 Å². The molecule has 0 fully saturated rings. The fraction of sp³-hybridized carbons (Fsp3) is 0.364. The number of aryl methyl sites for hydroxylation is 2. The van der Waals surface area contributed by atoms with Gasteiger partial charge in [-0.3, -0.25) is 0 Å². The number of fused-ring (bicyclic) bond motifs is 3. The molecule has 0 aromatic carbocycles. The molecule has 2 heterocycles. The van der Waals surface area contributed by atoms with Gasteiger partial charge in [0, 0.05) is 23.7 Å². The van der Waals surface area contributed by atoms with Gasteiger partial charge in [-0.25, -0.2) is 4.98 Å². The lowest BCUT2D eigenvalue weighted by molar-refractivity contribution is 0.888. The van der Waals surface area contributed by atoms with E-state index in [1.807, 2.05) is 12.3 Å². The fourth-order valence-electron chi connectivity index (χ4n) is 2.40. The van der Waals surface area contributed by atoms with Crippen molar-refractivity contribution < 1.29 is 0 Å². The highest BCUT2D eigenvalue weighted by atomic mass is 15.0. The van der Waals surface area contributed by atoms with Gasteiger partial charge in [0.15, 0.2) is 0 Å². The molecule has 0 spiro atoms. The Balaban J connectivity index is 2.45. The summed E-state index contributed by atoms with van der Waals surface area (Å²) in [6, 6.07) is 1.94. The summed E-state index contributed by atoms with van der Waals surface area (Å²) in [6.07, 6.45) is 5.55. The third-order valence-electron chi connectivity index (χ3n) is 3.02. The molecule has 0 aliphatic heterocycles. The van der Waals surface area contributed by atoms with Gasteiger partial charge in [-0.15, -0.1) is 0 Å². The van der Waals surface area contributed by atoms with Gasteiger partial charge in [0.1, 0.15) is 5.65 Å². The van der Waals surface area contributed by atoms with E-state index >= 15 is 0 Å². The van der Waals surface area contributed by atoms with Gasteiger partial charge in [0.25, 0.3) is 0 Å². The largest absolute Gasteiger partial charge is 0.397 e. The van der Waals surface area contributed by atoms with Crippen LogP contribution in [0.15, 0.2) is 12.3 Å². The number of nitrogen functional groups attached to an aromatic ring is 1. The van der Waals surface area contributed by atoms with Gasteiger partial charge in [-0.1, -0.05) is 0 Å². The number of nitrogens with two attached hydrogens (primary N) is 1. The van der Waals surface area contributed by atoms with Crippen LogP contribution in [0, 0.1) is 6.92 Å². The molecule has 3 heteroatoms. The summed E-state index contributed by atoms with van der Waals surface area (Å²) in [5.74, 6) is 0. The lowest BCUT2D eigenvalue weighted by Gasteiger charge is -2.06. The Morgan fingerprint density at radius 2 is 2.29 bits per heavy atom. The molecule has 1 aliphatic rings. The van der Waals surface area contributed by atoms with Gasteiger partial charge < -0.3 is 10.1 Å². The fourth-order valence-corrected chi connectivity index (χ4v) is 2.40. The average Bonchev–Trinajstić information content (AvgIpc) is 2.69. The third kappa shape index (κ3) is 0.895. The molecule has 0 unspecified atom stereocenters. The van der Waals surface area contributed by atoms with E-state index in [2.05, 4.69) is 16.3 Å². The summed E-state index contributed by atoms with van der Waals surface area (Å²) in [7, 11) is 0. The minimum atomic E-state index is 0.803. The van der Waals surface area contributed by atoms with Crippen molar-refractivity contribution in [3.63, 3.8) is 0 Å². The Kier molecular flexibility index (Phi) is 1.40. The molecular weight excluding hydrogens is 174 g/mol. The first-order valence-electron chi connectivity index (χ1n) is 5.01. The molecule has 0 radical (unpaired) electrons. The van der Waals surface area contributed by atoms with E-state index in [-0.39, 0.29) is 0 Å². The molecule has 14 heavy (non-hydrogen) atoms. The van der Waals surface area contributed by atoms with Crippen molar-refractivity contribution in [1.29, 1.82) is 0 Å². The van der Waals surface area contributed by atoms with Crippen LogP contribution in [0.25, 0.3) is 5.65 Å². The SMILES string of the molecule is Cc1nc2cc(N)cn2c2c1CCC2. The lowest BCUT2D eigenvalue weighted by atomic mass is 10.2. The molecule has 3 rings (SSSR count). The maximum Gasteiger partial charge on any atom is 0.139 e. The molecule has 0 atom stereocenters. The standard InChI is InChI=1S/C11H13N3/c1-7-9-3-2-4-10(9)14-6-8(12)5-11(14)13-7/h5-6H,2-4,12H2,1H3. The van der Waals surface area contributed by atoms with Crippen molar-refractivity contribution in [2.24, 2.45) is 0 Å². The Labute approximate surface area is 82.6 Å². The topological polar surface area (TPSA) is 43.3 Å². The zero-order chi connectivity index (χ0) is 9.71. The van der Waals surface area contributed by atoms with Crippen LogP contribution in [0.3, 0.4) is 0 Å². The number of aromatic nitrogens is 2. The zero-order valence-electron chi connectivity index (χ0n) is 8.25. The second kappa shape index (κ2) is 2.50. The first kappa shape index (κ1) is 7.85. The monoisotopic (exact) mass is 187 g/mol. The molecular formula is C11H13N3. The van der Waals surface area contributed by atoms with Crippen LogP contribution < -0.4 is 5.73 Å². The summed E-state index contributed by atoms with van der Waals surface area (Å²) in [4.78, 5) is 4.55. The van der Waals surface area contributed by atoms with Gasteiger partial charge in [-0.2, -0.15) is 0 Å². The summed E-state index contributed by atoms with van der Waals surface area (Å²) >= 11 is 0. The number of hydrogen-bond donors (Lipinski definition) is 1. The van der Waals surface area contributed by atoms with Crippen molar-refractivity contribution in [3.05, 3.63) is 29.2 Å². The molecule has 0 saturated heterocycles. The maximum atomic E-state index is 5.77.